The van der Waals surface area contributed by atoms with Gasteiger partial charge in [-0.1, -0.05) is 45.8 Å². The number of rotatable bonds is 2. The van der Waals surface area contributed by atoms with Crippen LogP contribution in [0, 0.1) is 23.7 Å². The maximum absolute atomic E-state index is 2.46. The van der Waals surface area contributed by atoms with Crippen LogP contribution in [0.4, 0.5) is 0 Å². The summed E-state index contributed by atoms with van der Waals surface area (Å²) in [6.07, 6.45) is 10.3. The van der Waals surface area contributed by atoms with Crippen molar-refractivity contribution in [1.29, 1.82) is 0 Å². The fourth-order valence-electron chi connectivity index (χ4n) is 2.99. The number of hydrogen-bond donors (Lipinski definition) is 0. The highest BCUT2D eigenvalue weighted by molar-refractivity contribution is 4.92. The van der Waals surface area contributed by atoms with Crippen LogP contribution in [0.1, 0.15) is 53.4 Å². The van der Waals surface area contributed by atoms with Crippen LogP contribution >= 0.6 is 0 Å². The van der Waals surface area contributed by atoms with E-state index in [0.29, 0.717) is 0 Å². The number of hydrogen-bond acceptors (Lipinski definition) is 0. The molecule has 0 spiro atoms. The molecule has 1 saturated carbocycles. The zero-order chi connectivity index (χ0) is 10.6. The monoisotopic (exact) mass is 194 g/mol. The van der Waals surface area contributed by atoms with Crippen molar-refractivity contribution in [2.75, 3.05) is 0 Å². The smallest absolute Gasteiger partial charge is 0.0203 e. The summed E-state index contributed by atoms with van der Waals surface area (Å²) < 4.78 is 0. The van der Waals surface area contributed by atoms with Gasteiger partial charge in [-0.15, -0.1) is 0 Å². The molecule has 82 valence electrons. The summed E-state index contributed by atoms with van der Waals surface area (Å²) in [6, 6.07) is 0. The van der Waals surface area contributed by atoms with Crippen LogP contribution in [-0.2, 0) is 0 Å². The lowest BCUT2D eigenvalue weighted by Gasteiger charge is -2.25. The Morgan fingerprint density at radius 1 is 1.21 bits per heavy atom. The third kappa shape index (κ3) is 2.87. The third-order valence-electron chi connectivity index (χ3n) is 4.09. The molecule has 0 heterocycles. The third-order valence-corrected chi connectivity index (χ3v) is 4.09. The lowest BCUT2D eigenvalue weighted by molar-refractivity contribution is 0.278. The minimum atomic E-state index is 0.836. The summed E-state index contributed by atoms with van der Waals surface area (Å²) in [6.45, 7) is 9.38. The van der Waals surface area contributed by atoms with E-state index in [0.717, 1.165) is 23.7 Å². The summed E-state index contributed by atoms with van der Waals surface area (Å²) in [5, 5.41) is 0. The summed E-state index contributed by atoms with van der Waals surface area (Å²) in [5.74, 6) is 3.61. The fourth-order valence-corrected chi connectivity index (χ4v) is 2.99. The molecule has 1 aliphatic carbocycles. The topological polar surface area (TPSA) is 0 Å². The van der Waals surface area contributed by atoms with Gasteiger partial charge in [0.1, 0.15) is 0 Å². The molecule has 1 aliphatic rings. The highest BCUT2D eigenvalue weighted by Crippen LogP contribution is 2.37. The summed E-state index contributed by atoms with van der Waals surface area (Å²) in [7, 11) is 0. The van der Waals surface area contributed by atoms with E-state index in [2.05, 4.69) is 39.8 Å². The summed E-state index contributed by atoms with van der Waals surface area (Å²) in [4.78, 5) is 0. The minimum absolute atomic E-state index is 0.836. The highest BCUT2D eigenvalue weighted by Gasteiger charge is 2.27. The molecule has 0 radical (unpaired) electrons. The largest absolute Gasteiger partial charge is 0.0914 e. The molecule has 0 aromatic rings. The first-order valence-electron chi connectivity index (χ1n) is 6.31. The van der Waals surface area contributed by atoms with E-state index < -0.39 is 0 Å². The average Bonchev–Trinajstić information content (AvgIpc) is 2.29. The van der Waals surface area contributed by atoms with Gasteiger partial charge in [-0.2, -0.15) is 0 Å². The predicted octanol–water partition coefficient (Wildman–Crippen LogP) is 4.66. The van der Waals surface area contributed by atoms with Gasteiger partial charge in [0.15, 0.2) is 0 Å². The van der Waals surface area contributed by atoms with Crippen LogP contribution in [0.3, 0.4) is 0 Å². The van der Waals surface area contributed by atoms with Crippen LogP contribution < -0.4 is 0 Å². The SMILES string of the molecule is C/C=C\C1CC(C)CCC(CC)C1C. The Hall–Kier alpha value is -0.260. The molecule has 1 fully saturated rings. The van der Waals surface area contributed by atoms with Crippen molar-refractivity contribution in [2.24, 2.45) is 23.7 Å². The second-order valence-electron chi connectivity index (χ2n) is 5.14. The molecule has 14 heavy (non-hydrogen) atoms. The first-order chi connectivity index (χ1) is 6.69. The molecule has 0 aromatic carbocycles. The first kappa shape index (κ1) is 11.8. The molecule has 0 heteroatoms. The number of allylic oxidation sites excluding steroid dienone is 2. The van der Waals surface area contributed by atoms with Crippen LogP contribution in [0.25, 0.3) is 0 Å². The van der Waals surface area contributed by atoms with E-state index in [1.807, 2.05) is 0 Å². The molecule has 4 unspecified atom stereocenters. The summed E-state index contributed by atoms with van der Waals surface area (Å²) >= 11 is 0. The maximum atomic E-state index is 2.46. The van der Waals surface area contributed by atoms with Gasteiger partial charge in [-0.3, -0.25) is 0 Å². The van der Waals surface area contributed by atoms with E-state index in [4.69, 9.17) is 0 Å². The Balaban J connectivity index is 2.69. The van der Waals surface area contributed by atoms with Crippen LogP contribution in [0.2, 0.25) is 0 Å². The van der Waals surface area contributed by atoms with Crippen LogP contribution in [0.5, 0.6) is 0 Å². The molecule has 0 N–H and O–H groups in total. The quantitative estimate of drug-likeness (QED) is 0.443. The van der Waals surface area contributed by atoms with E-state index in [1.165, 1.54) is 25.7 Å². The highest BCUT2D eigenvalue weighted by atomic mass is 14.3. The van der Waals surface area contributed by atoms with Gasteiger partial charge in [0.05, 0.1) is 0 Å². The lowest BCUT2D eigenvalue weighted by Crippen LogP contribution is -2.17. The van der Waals surface area contributed by atoms with Gasteiger partial charge in [-0.25, -0.2) is 0 Å². The molecular formula is C14H26. The van der Waals surface area contributed by atoms with Crippen molar-refractivity contribution in [2.45, 2.75) is 53.4 Å². The second kappa shape index (κ2) is 5.58. The molecule has 0 nitrogen and oxygen atoms in total. The standard InChI is InChI=1S/C14H26/c1-5-7-14-10-11(3)8-9-13(6-2)12(14)4/h5,7,11-14H,6,8-10H2,1-4H3/b7-5-. The Labute approximate surface area is 89.8 Å². The van der Waals surface area contributed by atoms with Crippen LogP contribution in [-0.4, -0.2) is 0 Å². The van der Waals surface area contributed by atoms with Crippen molar-refractivity contribution in [3.8, 4) is 0 Å². The Bertz CT molecular complexity index is 180. The molecule has 0 bridgehead atoms. The Morgan fingerprint density at radius 2 is 1.93 bits per heavy atom. The zero-order valence-corrected chi connectivity index (χ0v) is 10.3. The van der Waals surface area contributed by atoms with Crippen molar-refractivity contribution in [1.82, 2.24) is 0 Å². The van der Waals surface area contributed by atoms with Gasteiger partial charge < -0.3 is 0 Å². The zero-order valence-electron chi connectivity index (χ0n) is 10.3. The van der Waals surface area contributed by atoms with Gasteiger partial charge in [0.2, 0.25) is 0 Å². The van der Waals surface area contributed by atoms with E-state index in [-0.39, 0.29) is 0 Å². The van der Waals surface area contributed by atoms with Crippen molar-refractivity contribution >= 4 is 0 Å². The first-order valence-corrected chi connectivity index (χ1v) is 6.31. The van der Waals surface area contributed by atoms with Crippen molar-refractivity contribution < 1.29 is 0 Å². The van der Waals surface area contributed by atoms with Gasteiger partial charge in [-0.05, 0) is 43.4 Å². The lowest BCUT2D eigenvalue weighted by atomic mass is 9.80. The maximum Gasteiger partial charge on any atom is -0.0203 e. The molecule has 0 aromatic heterocycles. The van der Waals surface area contributed by atoms with E-state index in [9.17, 15) is 0 Å². The van der Waals surface area contributed by atoms with Gasteiger partial charge in [0, 0.05) is 0 Å². The minimum Gasteiger partial charge on any atom is -0.0914 e. The normalized spacial score (nSPS) is 40.0. The van der Waals surface area contributed by atoms with Crippen molar-refractivity contribution in [3.05, 3.63) is 12.2 Å². The summed E-state index contributed by atoms with van der Waals surface area (Å²) in [5.41, 5.74) is 0. The predicted molar refractivity (Wildman–Crippen MR) is 64.3 cm³/mol. The average molecular weight is 194 g/mol. The Morgan fingerprint density at radius 3 is 2.50 bits per heavy atom. The second-order valence-corrected chi connectivity index (χ2v) is 5.14. The van der Waals surface area contributed by atoms with Crippen molar-refractivity contribution in [3.63, 3.8) is 0 Å². The van der Waals surface area contributed by atoms with Gasteiger partial charge >= 0.3 is 0 Å². The molecule has 0 saturated heterocycles. The Kier molecular flexibility index (Phi) is 4.71. The molecule has 0 amide bonds. The van der Waals surface area contributed by atoms with Crippen LogP contribution in [0.15, 0.2) is 12.2 Å². The van der Waals surface area contributed by atoms with E-state index >= 15 is 0 Å². The molecular weight excluding hydrogens is 168 g/mol. The molecule has 1 rings (SSSR count). The van der Waals surface area contributed by atoms with Gasteiger partial charge in [0.25, 0.3) is 0 Å². The van der Waals surface area contributed by atoms with E-state index in [1.54, 1.807) is 0 Å². The molecule has 0 aliphatic heterocycles. The fraction of sp³-hybridized carbons (Fsp3) is 0.857. The molecule has 4 atom stereocenters.